The van der Waals surface area contributed by atoms with E-state index in [9.17, 15) is 10.1 Å². The van der Waals surface area contributed by atoms with Crippen molar-refractivity contribution < 1.29 is 4.79 Å². The SMILES string of the molecule is CC(c1ccc(Cl)cc1Cl)n1cnc(-c2ccccc2)c1-c1c(C(=O)Nc2cc(C#N)ccc2N2CCNCC2)[nH]c2cc(Cl)ccc12. The Hall–Kier alpha value is -4.78. The van der Waals surface area contributed by atoms with Gasteiger partial charge in [-0.1, -0.05) is 77.3 Å². The summed E-state index contributed by atoms with van der Waals surface area (Å²) in [6, 6.07) is 28.1. The minimum atomic E-state index is -0.368. The second-order valence-electron chi connectivity index (χ2n) is 11.7. The second kappa shape index (κ2) is 13.4. The fourth-order valence-electron chi connectivity index (χ4n) is 6.36. The van der Waals surface area contributed by atoms with Crippen molar-refractivity contribution in [2.24, 2.45) is 0 Å². The van der Waals surface area contributed by atoms with Gasteiger partial charge >= 0.3 is 0 Å². The van der Waals surface area contributed by atoms with Crippen molar-refractivity contribution in [1.82, 2.24) is 19.9 Å². The number of halogens is 3. The number of benzene rings is 4. The number of nitrogens with one attached hydrogen (secondary N) is 3. The number of imidazole rings is 1. The number of carbonyl (C=O) groups is 1. The molecule has 1 aliphatic heterocycles. The van der Waals surface area contributed by atoms with Crippen molar-refractivity contribution in [3.63, 3.8) is 0 Å². The fraction of sp³-hybridized carbons (Fsp3) is 0.162. The molecular formula is C37H30Cl3N7O. The maximum absolute atomic E-state index is 14.6. The number of rotatable bonds is 7. The van der Waals surface area contributed by atoms with E-state index in [0.29, 0.717) is 48.8 Å². The smallest absolute Gasteiger partial charge is 0.272 e. The fourth-order valence-corrected chi connectivity index (χ4v) is 7.10. The summed E-state index contributed by atoms with van der Waals surface area (Å²) in [5, 5.41) is 18.6. The lowest BCUT2D eigenvalue weighted by Gasteiger charge is -2.31. The average Bonchev–Trinajstić information content (AvgIpc) is 3.70. The van der Waals surface area contributed by atoms with Gasteiger partial charge in [-0.15, -0.1) is 0 Å². The number of hydrogen-bond donors (Lipinski definition) is 3. The van der Waals surface area contributed by atoms with Gasteiger partial charge in [0.1, 0.15) is 5.69 Å². The first kappa shape index (κ1) is 31.8. The Morgan fingerprint density at radius 1 is 0.958 bits per heavy atom. The first-order valence-corrected chi connectivity index (χ1v) is 16.7. The third kappa shape index (κ3) is 6.02. The Morgan fingerprint density at radius 3 is 2.46 bits per heavy atom. The first-order valence-electron chi connectivity index (χ1n) is 15.5. The normalized spacial score (nSPS) is 13.8. The van der Waals surface area contributed by atoms with E-state index in [-0.39, 0.29) is 11.9 Å². The van der Waals surface area contributed by atoms with Crippen LogP contribution < -0.4 is 15.5 Å². The Balaban J connectivity index is 1.43. The summed E-state index contributed by atoms with van der Waals surface area (Å²) in [5.74, 6) is -0.368. The number of carbonyl (C=O) groups excluding carboxylic acids is 1. The molecule has 1 amide bonds. The van der Waals surface area contributed by atoms with Crippen molar-refractivity contribution in [3.05, 3.63) is 123 Å². The molecule has 0 bridgehead atoms. The molecule has 11 heteroatoms. The standard InChI is InChI=1S/C37H30Cl3N7O/c1-22(27-10-8-25(38)18-29(27)40)47-21-43-34(24-5-3-2-4-6-24)36(47)33-28-11-9-26(39)19-30(28)44-35(33)37(48)45-31-17-23(20-41)7-12-32(31)46-15-13-42-14-16-46/h2-12,17-19,21-22,42,44H,13-16H2,1H3,(H,45,48). The van der Waals surface area contributed by atoms with Crippen LogP contribution in [-0.2, 0) is 0 Å². The van der Waals surface area contributed by atoms with E-state index < -0.39 is 0 Å². The zero-order valence-electron chi connectivity index (χ0n) is 25.9. The summed E-state index contributed by atoms with van der Waals surface area (Å²) < 4.78 is 2.04. The van der Waals surface area contributed by atoms with E-state index in [0.717, 1.165) is 54.1 Å². The third-order valence-electron chi connectivity index (χ3n) is 8.73. The molecule has 48 heavy (non-hydrogen) atoms. The maximum Gasteiger partial charge on any atom is 0.272 e. The van der Waals surface area contributed by atoms with Crippen LogP contribution in [0, 0.1) is 11.3 Å². The van der Waals surface area contributed by atoms with Gasteiger partial charge in [-0.3, -0.25) is 4.79 Å². The molecule has 0 saturated carbocycles. The molecule has 4 aromatic carbocycles. The number of aromatic nitrogens is 3. The molecule has 0 spiro atoms. The van der Waals surface area contributed by atoms with E-state index >= 15 is 0 Å². The number of H-pyrrole nitrogens is 1. The van der Waals surface area contributed by atoms with Crippen molar-refractivity contribution in [3.8, 4) is 28.6 Å². The highest BCUT2D eigenvalue weighted by Gasteiger charge is 2.29. The summed E-state index contributed by atoms with van der Waals surface area (Å²) in [6.07, 6.45) is 1.78. The largest absolute Gasteiger partial charge is 0.367 e. The molecule has 1 unspecified atom stereocenters. The molecule has 0 radical (unpaired) electrons. The van der Waals surface area contributed by atoms with Crippen molar-refractivity contribution >= 4 is 63.0 Å². The lowest BCUT2D eigenvalue weighted by molar-refractivity contribution is 0.102. The van der Waals surface area contributed by atoms with Crippen LogP contribution in [-0.4, -0.2) is 46.6 Å². The highest BCUT2D eigenvalue weighted by atomic mass is 35.5. The van der Waals surface area contributed by atoms with E-state index in [1.54, 1.807) is 24.5 Å². The van der Waals surface area contributed by atoms with Crippen molar-refractivity contribution in [2.75, 3.05) is 36.4 Å². The molecule has 2 aromatic heterocycles. The maximum atomic E-state index is 14.6. The van der Waals surface area contributed by atoms with Gasteiger partial charge in [0.15, 0.2) is 0 Å². The van der Waals surface area contributed by atoms with Crippen LogP contribution >= 0.6 is 34.8 Å². The number of anilines is 2. The van der Waals surface area contributed by atoms with Crippen LogP contribution in [0.2, 0.25) is 15.1 Å². The second-order valence-corrected chi connectivity index (χ2v) is 12.9. The van der Waals surface area contributed by atoms with Crippen LogP contribution in [0.4, 0.5) is 11.4 Å². The van der Waals surface area contributed by atoms with Crippen LogP contribution in [0.5, 0.6) is 0 Å². The van der Waals surface area contributed by atoms with Gasteiger partial charge in [0.2, 0.25) is 0 Å². The molecule has 1 fully saturated rings. The minimum absolute atomic E-state index is 0.283. The summed E-state index contributed by atoms with van der Waals surface area (Å²) in [4.78, 5) is 25.1. The number of aromatic amines is 1. The zero-order valence-corrected chi connectivity index (χ0v) is 28.2. The van der Waals surface area contributed by atoms with Gasteiger partial charge in [0, 0.05) is 63.3 Å². The molecular weight excluding hydrogens is 665 g/mol. The van der Waals surface area contributed by atoms with E-state index in [2.05, 4.69) is 26.6 Å². The molecule has 1 atom stereocenters. The van der Waals surface area contributed by atoms with Gasteiger partial charge in [0.25, 0.3) is 5.91 Å². The molecule has 1 aliphatic rings. The molecule has 1 saturated heterocycles. The van der Waals surface area contributed by atoms with E-state index in [4.69, 9.17) is 39.8 Å². The van der Waals surface area contributed by atoms with Gasteiger partial charge in [0.05, 0.1) is 46.8 Å². The summed E-state index contributed by atoms with van der Waals surface area (Å²) >= 11 is 19.5. The number of fused-ring (bicyclic) bond motifs is 1. The van der Waals surface area contributed by atoms with Crippen molar-refractivity contribution in [1.29, 1.82) is 5.26 Å². The molecule has 6 aromatic rings. The quantitative estimate of drug-likeness (QED) is 0.155. The lowest BCUT2D eigenvalue weighted by atomic mass is 9.99. The molecule has 8 nitrogen and oxygen atoms in total. The molecule has 3 N–H and O–H groups in total. The van der Waals surface area contributed by atoms with Crippen LogP contribution in [0.1, 0.15) is 34.6 Å². The topological polar surface area (TPSA) is 102 Å². The Morgan fingerprint density at radius 2 is 1.71 bits per heavy atom. The first-order chi connectivity index (χ1) is 23.3. The zero-order chi connectivity index (χ0) is 33.4. The summed E-state index contributed by atoms with van der Waals surface area (Å²) in [7, 11) is 0. The van der Waals surface area contributed by atoms with Gasteiger partial charge in [-0.25, -0.2) is 4.98 Å². The van der Waals surface area contributed by atoms with E-state index in [1.165, 1.54) is 0 Å². The van der Waals surface area contributed by atoms with Crippen molar-refractivity contribution in [2.45, 2.75) is 13.0 Å². The molecule has 240 valence electrons. The number of nitrogens with zero attached hydrogens (tertiary/aromatic N) is 4. The van der Waals surface area contributed by atoms with Gasteiger partial charge < -0.3 is 25.1 Å². The van der Waals surface area contributed by atoms with E-state index in [1.807, 2.05) is 78.2 Å². The molecule has 0 aliphatic carbocycles. The monoisotopic (exact) mass is 693 g/mol. The Labute approximate surface area is 292 Å². The minimum Gasteiger partial charge on any atom is -0.367 e. The highest BCUT2D eigenvalue weighted by molar-refractivity contribution is 6.35. The average molecular weight is 695 g/mol. The Kier molecular flexibility index (Phi) is 8.86. The van der Waals surface area contributed by atoms with Gasteiger partial charge in [-0.2, -0.15) is 5.26 Å². The number of amides is 1. The number of hydrogen-bond acceptors (Lipinski definition) is 5. The summed E-state index contributed by atoms with van der Waals surface area (Å²) in [6.45, 7) is 5.23. The third-order valence-corrected chi connectivity index (χ3v) is 9.52. The molecule has 3 heterocycles. The predicted octanol–water partition coefficient (Wildman–Crippen LogP) is 8.80. The van der Waals surface area contributed by atoms with Crippen LogP contribution in [0.15, 0.2) is 91.3 Å². The predicted molar refractivity (Wildman–Crippen MR) is 194 cm³/mol. The van der Waals surface area contributed by atoms with Crippen LogP contribution in [0.3, 0.4) is 0 Å². The van der Waals surface area contributed by atoms with Crippen LogP contribution in [0.25, 0.3) is 33.4 Å². The molecule has 7 rings (SSSR count). The number of piperazine rings is 1. The lowest BCUT2D eigenvalue weighted by Crippen LogP contribution is -2.43. The highest BCUT2D eigenvalue weighted by Crippen LogP contribution is 2.42. The Bertz CT molecular complexity index is 2200. The van der Waals surface area contributed by atoms with Gasteiger partial charge in [-0.05, 0) is 55.0 Å². The number of nitriles is 1. The summed E-state index contributed by atoms with van der Waals surface area (Å²) in [5.41, 5.74) is 6.71.